The van der Waals surface area contributed by atoms with Gasteiger partial charge < -0.3 is 0 Å². The van der Waals surface area contributed by atoms with Crippen LogP contribution in [-0.2, 0) is 6.42 Å². The van der Waals surface area contributed by atoms with Crippen LogP contribution in [0.4, 0.5) is 0 Å². The normalized spacial score (nSPS) is 9.40. The van der Waals surface area contributed by atoms with Crippen LogP contribution in [0.25, 0.3) is 0 Å². The van der Waals surface area contributed by atoms with Crippen molar-refractivity contribution in [1.29, 1.82) is 0 Å². The van der Waals surface area contributed by atoms with Crippen LogP contribution >= 0.6 is 0 Å². The molecule has 0 amide bonds. The summed E-state index contributed by atoms with van der Waals surface area (Å²) in [6.45, 7) is 2.25. The predicted octanol–water partition coefficient (Wildman–Crippen LogP) is 3.50. The zero-order valence-electron chi connectivity index (χ0n) is 9.33. The van der Waals surface area contributed by atoms with E-state index in [1.165, 1.54) is 22.9 Å². The van der Waals surface area contributed by atoms with Crippen molar-refractivity contribution in [3.63, 3.8) is 0 Å². The molecule has 1 aromatic carbocycles. The zero-order chi connectivity index (χ0) is 10.8. The number of rotatable bonds is 5. The van der Waals surface area contributed by atoms with Crippen molar-refractivity contribution in [3.8, 4) is 9.89 Å². The van der Waals surface area contributed by atoms with Crippen molar-refractivity contribution >= 4 is 20.9 Å². The van der Waals surface area contributed by atoms with Crippen LogP contribution in [0.15, 0.2) is 30.3 Å². The molecule has 80 valence electrons. The van der Waals surface area contributed by atoms with Gasteiger partial charge in [-0.05, 0) is 0 Å². The van der Waals surface area contributed by atoms with Crippen molar-refractivity contribution in [2.45, 2.75) is 37.1 Å². The van der Waals surface area contributed by atoms with E-state index in [0.29, 0.717) is 0 Å². The number of hydrogen-bond donors (Lipinski definition) is 0. The first-order chi connectivity index (χ1) is 7.43. The fourth-order valence-corrected chi connectivity index (χ4v) is 3.33. The Balaban J connectivity index is 2.11. The van der Waals surface area contributed by atoms with Crippen LogP contribution in [0, 0.1) is 9.89 Å². The summed E-state index contributed by atoms with van der Waals surface area (Å²) in [5.74, 6) is 3.30. The van der Waals surface area contributed by atoms with Gasteiger partial charge in [0.1, 0.15) is 0 Å². The fourth-order valence-electron chi connectivity index (χ4n) is 1.22. The third-order valence-corrected chi connectivity index (χ3v) is 4.36. The summed E-state index contributed by atoms with van der Waals surface area (Å²) in [6, 6.07) is 10.6. The summed E-state index contributed by atoms with van der Waals surface area (Å²) in [6.07, 6.45) is 4.82. The molecule has 0 radical (unpaired) electrons. The molecule has 0 fully saturated rings. The Bertz CT molecular complexity index is 305. The van der Waals surface area contributed by atoms with E-state index in [1.807, 2.05) is 0 Å². The summed E-state index contributed by atoms with van der Waals surface area (Å²) in [5.41, 5.74) is 1.40. The SMILES string of the molecule is CCCC[Te]C#CCCc1ccccc1. The van der Waals surface area contributed by atoms with E-state index < -0.39 is 0 Å². The predicted molar refractivity (Wildman–Crippen MR) is 68.0 cm³/mol. The van der Waals surface area contributed by atoms with Gasteiger partial charge >= 0.3 is 104 Å². The van der Waals surface area contributed by atoms with E-state index >= 15 is 0 Å². The Morgan fingerprint density at radius 1 is 1.20 bits per heavy atom. The van der Waals surface area contributed by atoms with Gasteiger partial charge in [-0.15, -0.1) is 0 Å². The van der Waals surface area contributed by atoms with E-state index in [1.54, 1.807) is 0 Å². The van der Waals surface area contributed by atoms with Crippen LogP contribution < -0.4 is 0 Å². The summed E-state index contributed by atoms with van der Waals surface area (Å²) >= 11 is 0.0116. The molecule has 1 heteroatoms. The van der Waals surface area contributed by atoms with Gasteiger partial charge in [-0.25, -0.2) is 0 Å². The summed E-state index contributed by atoms with van der Waals surface area (Å²) in [4.78, 5) is 0. The molecule has 1 aromatic rings. The van der Waals surface area contributed by atoms with Crippen LogP contribution in [0.5, 0.6) is 0 Å². The van der Waals surface area contributed by atoms with Gasteiger partial charge in [0.15, 0.2) is 0 Å². The first kappa shape index (κ1) is 12.6. The van der Waals surface area contributed by atoms with E-state index in [2.05, 4.69) is 47.1 Å². The second-order valence-corrected chi connectivity index (χ2v) is 6.04. The van der Waals surface area contributed by atoms with Gasteiger partial charge in [0.25, 0.3) is 0 Å². The Labute approximate surface area is 104 Å². The number of aryl methyl sites for hydroxylation is 1. The Morgan fingerprint density at radius 3 is 2.73 bits per heavy atom. The van der Waals surface area contributed by atoms with Crippen molar-refractivity contribution in [2.75, 3.05) is 0 Å². The van der Waals surface area contributed by atoms with Crippen molar-refractivity contribution in [1.82, 2.24) is 0 Å². The topological polar surface area (TPSA) is 0 Å². The third-order valence-electron chi connectivity index (χ3n) is 2.13. The maximum atomic E-state index is 3.37. The molecular formula is C14H18Te. The minimum atomic E-state index is 0.0116. The Morgan fingerprint density at radius 2 is 2.00 bits per heavy atom. The Hall–Kier alpha value is -0.430. The molecule has 0 N–H and O–H groups in total. The van der Waals surface area contributed by atoms with Gasteiger partial charge in [0, 0.05) is 0 Å². The molecule has 0 spiro atoms. The Kier molecular flexibility index (Phi) is 7.45. The second kappa shape index (κ2) is 8.84. The van der Waals surface area contributed by atoms with Gasteiger partial charge in [0.05, 0.1) is 0 Å². The maximum absolute atomic E-state index is 3.37. The fraction of sp³-hybridized carbons (Fsp3) is 0.429. The quantitative estimate of drug-likeness (QED) is 0.443. The molecule has 0 heterocycles. The molecule has 0 atom stereocenters. The van der Waals surface area contributed by atoms with Gasteiger partial charge in [-0.1, -0.05) is 0 Å². The van der Waals surface area contributed by atoms with Crippen LogP contribution in [-0.4, -0.2) is 20.9 Å². The molecular weight excluding hydrogens is 296 g/mol. The van der Waals surface area contributed by atoms with Gasteiger partial charge in [-0.3, -0.25) is 0 Å². The molecule has 0 aliphatic carbocycles. The first-order valence-electron chi connectivity index (χ1n) is 5.57. The second-order valence-electron chi connectivity index (χ2n) is 3.47. The minimum absolute atomic E-state index is 0.0116. The van der Waals surface area contributed by atoms with Crippen LogP contribution in [0.1, 0.15) is 31.7 Å². The molecule has 0 nitrogen and oxygen atoms in total. The molecule has 0 aromatic heterocycles. The molecule has 0 saturated carbocycles. The molecule has 0 bridgehead atoms. The average Bonchev–Trinajstić information content (AvgIpc) is 2.29. The summed E-state index contributed by atoms with van der Waals surface area (Å²) in [7, 11) is 0. The summed E-state index contributed by atoms with van der Waals surface area (Å²) < 4.78 is 4.76. The standard InChI is InChI=1S/C14H18Te/c1-2-3-12-15-13-8-7-11-14-9-5-4-6-10-14/h4-6,9-10H,2-3,7,11-12H2,1H3. The van der Waals surface area contributed by atoms with E-state index in [-0.39, 0.29) is 20.9 Å². The molecule has 1 rings (SSSR count). The van der Waals surface area contributed by atoms with Crippen LogP contribution in [0.3, 0.4) is 0 Å². The number of unbranched alkanes of at least 4 members (excludes halogenated alkanes) is 1. The van der Waals surface area contributed by atoms with E-state index in [4.69, 9.17) is 0 Å². The van der Waals surface area contributed by atoms with Crippen molar-refractivity contribution in [3.05, 3.63) is 35.9 Å². The molecule has 15 heavy (non-hydrogen) atoms. The third kappa shape index (κ3) is 6.62. The van der Waals surface area contributed by atoms with E-state index in [0.717, 1.165) is 12.8 Å². The molecule has 0 aliphatic rings. The summed E-state index contributed by atoms with van der Waals surface area (Å²) in [5, 5.41) is 0. The zero-order valence-corrected chi connectivity index (χ0v) is 11.7. The molecule has 0 unspecified atom stereocenters. The molecule has 0 aliphatic heterocycles. The first-order valence-corrected chi connectivity index (χ1v) is 8.38. The van der Waals surface area contributed by atoms with E-state index in [9.17, 15) is 0 Å². The number of benzene rings is 1. The number of hydrogen-bond acceptors (Lipinski definition) is 0. The van der Waals surface area contributed by atoms with Gasteiger partial charge in [-0.2, -0.15) is 0 Å². The van der Waals surface area contributed by atoms with Crippen molar-refractivity contribution in [2.24, 2.45) is 0 Å². The van der Waals surface area contributed by atoms with Crippen LogP contribution in [0.2, 0.25) is 4.47 Å². The van der Waals surface area contributed by atoms with Gasteiger partial charge in [0.2, 0.25) is 0 Å². The molecule has 0 saturated heterocycles. The van der Waals surface area contributed by atoms with Crippen molar-refractivity contribution < 1.29 is 0 Å². The average molecular weight is 314 g/mol. The monoisotopic (exact) mass is 316 g/mol.